The number of hydrogen-bond acceptors (Lipinski definition) is 6. The molecule has 6 nitrogen and oxygen atoms in total. The molecule has 0 spiro atoms. The van der Waals surface area contributed by atoms with Crippen LogP contribution in [-0.2, 0) is 14.3 Å². The van der Waals surface area contributed by atoms with Crippen molar-refractivity contribution in [1.29, 1.82) is 0 Å². The van der Waals surface area contributed by atoms with Gasteiger partial charge in [-0.25, -0.2) is 0 Å². The summed E-state index contributed by atoms with van der Waals surface area (Å²) in [5, 5.41) is 11.2. The second-order valence-corrected chi connectivity index (χ2v) is 13.4. The van der Waals surface area contributed by atoms with Crippen LogP contribution in [0.1, 0.15) is 78.1 Å². The Morgan fingerprint density at radius 1 is 1.00 bits per heavy atom. The van der Waals surface area contributed by atoms with Gasteiger partial charge in [0.15, 0.2) is 0 Å². The Labute approximate surface area is 212 Å². The summed E-state index contributed by atoms with van der Waals surface area (Å²) in [7, 11) is 0. The number of aliphatic hydroxyl groups is 1. The van der Waals surface area contributed by atoms with E-state index in [-0.39, 0.29) is 23.5 Å². The quantitative estimate of drug-likeness (QED) is 0.609. The van der Waals surface area contributed by atoms with Gasteiger partial charge in [0.05, 0.1) is 25.9 Å². The largest absolute Gasteiger partial charge is 0.465 e. The molecule has 0 aromatic heterocycles. The zero-order valence-electron chi connectivity index (χ0n) is 22.1. The normalized spacial score (nSPS) is 48.7. The highest BCUT2D eigenvalue weighted by molar-refractivity contribution is 5.65. The highest BCUT2D eigenvalue weighted by atomic mass is 16.5. The fourth-order valence-corrected chi connectivity index (χ4v) is 10.2. The number of morpholine rings is 1. The highest BCUT2D eigenvalue weighted by Crippen LogP contribution is 2.67. The Bertz CT molecular complexity index is 781. The van der Waals surface area contributed by atoms with Crippen LogP contribution in [0.3, 0.4) is 0 Å². The molecule has 4 aliphatic carbocycles. The van der Waals surface area contributed by atoms with Crippen molar-refractivity contribution in [3.05, 3.63) is 0 Å². The molecule has 0 aromatic rings. The molecule has 1 N–H and O–H groups in total. The Morgan fingerprint density at radius 2 is 1.77 bits per heavy atom. The smallest absolute Gasteiger partial charge is 0.302 e. The van der Waals surface area contributed by atoms with Gasteiger partial charge in [-0.2, -0.15) is 0 Å². The molecule has 0 aromatic carbocycles. The second kappa shape index (κ2) is 9.56. The van der Waals surface area contributed by atoms with E-state index < -0.39 is 0 Å². The van der Waals surface area contributed by atoms with Gasteiger partial charge in [-0.1, -0.05) is 6.92 Å². The maximum Gasteiger partial charge on any atom is 0.302 e. The first kappa shape index (κ1) is 24.6. The van der Waals surface area contributed by atoms with Gasteiger partial charge in [-0.15, -0.1) is 0 Å². The van der Waals surface area contributed by atoms with E-state index in [4.69, 9.17) is 9.47 Å². The molecule has 6 rings (SSSR count). The summed E-state index contributed by atoms with van der Waals surface area (Å²) < 4.78 is 11.4. The van der Waals surface area contributed by atoms with E-state index in [1.165, 1.54) is 64.5 Å². The third kappa shape index (κ3) is 4.28. The predicted octanol–water partition coefficient (Wildman–Crippen LogP) is 3.71. The maximum absolute atomic E-state index is 11.9. The molecule has 6 heteroatoms. The molecule has 2 heterocycles. The van der Waals surface area contributed by atoms with E-state index in [2.05, 4.69) is 16.7 Å². The van der Waals surface area contributed by atoms with Gasteiger partial charge in [0.2, 0.25) is 0 Å². The number of carbonyl (C=O) groups is 1. The molecule has 35 heavy (non-hydrogen) atoms. The molecular formula is C29H48N2O4. The molecule has 0 bridgehead atoms. The van der Waals surface area contributed by atoms with Crippen LogP contribution in [-0.4, -0.2) is 85.1 Å². The van der Waals surface area contributed by atoms with E-state index >= 15 is 0 Å². The molecule has 4 saturated carbocycles. The molecule has 2 aliphatic heterocycles. The lowest BCUT2D eigenvalue weighted by atomic mass is 9.44. The molecule has 2 saturated heterocycles. The molecule has 0 amide bonds. The Balaban J connectivity index is 1.25. The van der Waals surface area contributed by atoms with Crippen molar-refractivity contribution in [2.75, 3.05) is 46.0 Å². The molecule has 6 fully saturated rings. The van der Waals surface area contributed by atoms with Crippen LogP contribution in [0.25, 0.3) is 0 Å². The molecule has 4 unspecified atom stereocenters. The third-order valence-corrected chi connectivity index (χ3v) is 11.9. The van der Waals surface area contributed by atoms with E-state index in [1.54, 1.807) is 6.92 Å². The van der Waals surface area contributed by atoms with Crippen molar-refractivity contribution in [3.8, 4) is 0 Å². The monoisotopic (exact) mass is 488 g/mol. The van der Waals surface area contributed by atoms with E-state index in [0.29, 0.717) is 29.9 Å². The van der Waals surface area contributed by atoms with Crippen molar-refractivity contribution >= 4 is 5.97 Å². The van der Waals surface area contributed by atoms with Gasteiger partial charge < -0.3 is 19.5 Å². The fraction of sp³-hybridized carbons (Fsp3) is 0.966. The first-order chi connectivity index (χ1) is 16.9. The minimum absolute atomic E-state index is 0.116. The number of ether oxygens (including phenoxy) is 2. The molecule has 6 aliphatic rings. The fourth-order valence-electron chi connectivity index (χ4n) is 10.2. The number of aliphatic hydroxyl groups excluding tert-OH is 1. The number of hydrogen-bond donors (Lipinski definition) is 1. The van der Waals surface area contributed by atoms with E-state index in [9.17, 15) is 9.90 Å². The van der Waals surface area contributed by atoms with Crippen molar-refractivity contribution in [3.63, 3.8) is 0 Å². The lowest BCUT2D eigenvalue weighted by Crippen LogP contribution is -2.61. The average Bonchev–Trinajstić information content (AvgIpc) is 3.52. The van der Waals surface area contributed by atoms with Crippen LogP contribution in [0.15, 0.2) is 0 Å². The SMILES string of the molecule is CC(=O)OC[C@]12CC[C@H]3[C@@H](CCC4CC(O)C(N5CCOCC5)C[C@@]43C)[C@@H]1CC(N1CCCC1)C2. The summed E-state index contributed by atoms with van der Waals surface area (Å²) in [5.41, 5.74) is 0.492. The van der Waals surface area contributed by atoms with Crippen LogP contribution in [0.5, 0.6) is 0 Å². The Kier molecular flexibility index (Phi) is 6.73. The van der Waals surface area contributed by atoms with Crippen LogP contribution in [0.4, 0.5) is 0 Å². The summed E-state index contributed by atoms with van der Waals surface area (Å²) in [6, 6.07) is 0.962. The van der Waals surface area contributed by atoms with Gasteiger partial charge in [-0.3, -0.25) is 9.69 Å². The topological polar surface area (TPSA) is 62.2 Å². The summed E-state index contributed by atoms with van der Waals surface area (Å²) in [4.78, 5) is 17.2. The van der Waals surface area contributed by atoms with Crippen LogP contribution in [0, 0.1) is 34.5 Å². The number of rotatable bonds is 4. The number of likely N-dealkylation sites (tertiary alicyclic amines) is 1. The van der Waals surface area contributed by atoms with Crippen LogP contribution >= 0.6 is 0 Å². The first-order valence-electron chi connectivity index (χ1n) is 14.8. The van der Waals surface area contributed by atoms with Gasteiger partial charge >= 0.3 is 5.97 Å². The number of fused-ring (bicyclic) bond motifs is 5. The summed E-state index contributed by atoms with van der Waals surface area (Å²) >= 11 is 0. The summed E-state index contributed by atoms with van der Waals surface area (Å²) in [5.74, 6) is 2.69. The number of carbonyl (C=O) groups excluding carboxylic acids is 1. The standard InChI is InChI=1S/C29H48N2O4/c1-20(32)35-19-29-8-7-24-23(25(29)16-22(17-29)30-9-3-4-10-30)6-5-21-15-27(33)26(18-28(21,24)2)31-11-13-34-14-12-31/h21-27,33H,3-19H2,1-2H3/t21?,22?,23-,24+,25+,26?,27?,28+,29-/m1/s1. The van der Waals surface area contributed by atoms with Crippen molar-refractivity contribution < 1.29 is 19.4 Å². The van der Waals surface area contributed by atoms with E-state index in [1.807, 2.05) is 0 Å². The van der Waals surface area contributed by atoms with Gasteiger partial charge in [0.1, 0.15) is 0 Å². The van der Waals surface area contributed by atoms with Gasteiger partial charge in [0.25, 0.3) is 0 Å². The molecule has 198 valence electrons. The first-order valence-corrected chi connectivity index (χ1v) is 14.8. The number of nitrogens with zero attached hydrogens (tertiary/aromatic N) is 2. The zero-order valence-corrected chi connectivity index (χ0v) is 22.1. The minimum Gasteiger partial charge on any atom is -0.465 e. The lowest BCUT2D eigenvalue weighted by Gasteiger charge is -2.62. The van der Waals surface area contributed by atoms with Crippen molar-refractivity contribution in [1.82, 2.24) is 9.80 Å². The average molecular weight is 489 g/mol. The molecule has 0 radical (unpaired) electrons. The van der Waals surface area contributed by atoms with Gasteiger partial charge in [0, 0.05) is 37.5 Å². The molecule has 9 atom stereocenters. The van der Waals surface area contributed by atoms with Crippen LogP contribution in [0.2, 0.25) is 0 Å². The lowest BCUT2D eigenvalue weighted by molar-refractivity contribution is -0.166. The van der Waals surface area contributed by atoms with Crippen molar-refractivity contribution in [2.45, 2.75) is 96.2 Å². The Hall–Kier alpha value is -0.690. The second-order valence-electron chi connectivity index (χ2n) is 13.4. The van der Waals surface area contributed by atoms with Crippen molar-refractivity contribution in [2.24, 2.45) is 34.5 Å². The minimum atomic E-state index is -0.194. The summed E-state index contributed by atoms with van der Waals surface area (Å²) in [6.07, 6.45) is 12.2. The zero-order chi connectivity index (χ0) is 24.2. The summed E-state index contributed by atoms with van der Waals surface area (Å²) in [6.45, 7) is 10.8. The maximum atomic E-state index is 11.9. The highest BCUT2D eigenvalue weighted by Gasteiger charge is 2.62. The van der Waals surface area contributed by atoms with E-state index in [0.717, 1.165) is 51.0 Å². The molecular weight excluding hydrogens is 440 g/mol. The third-order valence-electron chi connectivity index (χ3n) is 11.9. The predicted molar refractivity (Wildman–Crippen MR) is 135 cm³/mol. The van der Waals surface area contributed by atoms with Gasteiger partial charge in [-0.05, 0) is 106 Å². The number of esters is 1. The Morgan fingerprint density at radius 3 is 2.51 bits per heavy atom. The van der Waals surface area contributed by atoms with Crippen LogP contribution < -0.4 is 0 Å².